The number of alkyl halides is 3. The maximum absolute atomic E-state index is 13.7. The molecule has 4 heterocycles. The average molecular weight is 684 g/mol. The van der Waals surface area contributed by atoms with Crippen LogP contribution in [0.15, 0.2) is 53.7 Å². The Morgan fingerprint density at radius 2 is 1.84 bits per heavy atom. The van der Waals surface area contributed by atoms with Gasteiger partial charge in [0.15, 0.2) is 11.4 Å². The van der Waals surface area contributed by atoms with Gasteiger partial charge < -0.3 is 24.0 Å². The summed E-state index contributed by atoms with van der Waals surface area (Å²) in [6.45, 7) is 8.77. The molecule has 1 saturated carbocycles. The van der Waals surface area contributed by atoms with E-state index in [-0.39, 0.29) is 35.2 Å². The Labute approximate surface area is 281 Å². The van der Waals surface area contributed by atoms with Crippen LogP contribution in [0.5, 0.6) is 11.6 Å². The van der Waals surface area contributed by atoms with Crippen LogP contribution in [-0.4, -0.2) is 77.1 Å². The number of rotatable bonds is 7. The number of aliphatic imine (C=N–C) groups is 1. The van der Waals surface area contributed by atoms with Gasteiger partial charge in [-0.1, -0.05) is 0 Å². The summed E-state index contributed by atoms with van der Waals surface area (Å²) in [6, 6.07) is 9.58. The van der Waals surface area contributed by atoms with Crippen LogP contribution in [-0.2, 0) is 10.9 Å². The first-order valence-corrected chi connectivity index (χ1v) is 16.1. The largest absolute Gasteiger partial charge is 0.488 e. The highest BCUT2D eigenvalue weighted by Crippen LogP contribution is 2.52. The highest BCUT2D eigenvalue weighted by molar-refractivity contribution is 6.06. The number of nitrogens with zero attached hydrogens (tertiary/aromatic N) is 5. The Bertz CT molecular complexity index is 1780. The zero-order valence-corrected chi connectivity index (χ0v) is 27.6. The number of benzene rings is 1. The molecule has 49 heavy (non-hydrogen) atoms. The molecule has 260 valence electrons. The van der Waals surface area contributed by atoms with Crippen molar-refractivity contribution in [2.24, 2.45) is 10.4 Å². The molecule has 2 aromatic heterocycles. The van der Waals surface area contributed by atoms with E-state index in [1.807, 2.05) is 6.92 Å². The molecule has 1 spiro atoms. The van der Waals surface area contributed by atoms with Crippen molar-refractivity contribution in [2.75, 3.05) is 37.7 Å². The fourth-order valence-corrected chi connectivity index (χ4v) is 6.47. The maximum Gasteiger partial charge on any atom is 0.418 e. The van der Waals surface area contributed by atoms with Crippen molar-refractivity contribution in [1.29, 1.82) is 0 Å². The molecule has 10 nitrogen and oxygen atoms in total. The number of ether oxygens (including phenoxy) is 3. The van der Waals surface area contributed by atoms with Gasteiger partial charge in [-0.25, -0.2) is 24.1 Å². The van der Waals surface area contributed by atoms with Gasteiger partial charge in [0.1, 0.15) is 17.5 Å². The lowest BCUT2D eigenvalue weighted by molar-refractivity contribution is -0.137. The summed E-state index contributed by atoms with van der Waals surface area (Å²) in [6.07, 6.45) is -2.39. The summed E-state index contributed by atoms with van der Waals surface area (Å²) in [5.41, 5.74) is -0.486. The Hall–Kier alpha value is -4.75. The van der Waals surface area contributed by atoms with E-state index in [4.69, 9.17) is 14.2 Å². The quantitative estimate of drug-likeness (QED) is 0.246. The minimum Gasteiger partial charge on any atom is -0.488 e. The molecule has 2 aliphatic heterocycles. The van der Waals surface area contributed by atoms with Crippen molar-refractivity contribution in [2.45, 2.75) is 64.8 Å². The molecule has 3 aromatic rings. The lowest BCUT2D eigenvalue weighted by Gasteiger charge is -2.59. The third-order valence-electron chi connectivity index (χ3n) is 8.62. The average Bonchev–Trinajstić information content (AvgIpc) is 3.46. The smallest absolute Gasteiger partial charge is 0.418 e. The van der Waals surface area contributed by atoms with Crippen LogP contribution in [0.4, 0.5) is 28.0 Å². The van der Waals surface area contributed by atoms with E-state index in [0.29, 0.717) is 74.4 Å². The van der Waals surface area contributed by atoms with Gasteiger partial charge >= 0.3 is 12.3 Å². The van der Waals surface area contributed by atoms with Gasteiger partial charge in [0.25, 0.3) is 5.91 Å². The second-order valence-corrected chi connectivity index (χ2v) is 13.6. The van der Waals surface area contributed by atoms with Gasteiger partial charge in [-0.2, -0.15) is 13.2 Å². The predicted octanol–water partition coefficient (Wildman–Crippen LogP) is 6.97. The Kier molecular flexibility index (Phi) is 9.01. The standard InChI is InChI=1S/C35H37F4N5O5/c1-5-47-31-24(7-6-13-40-31)26-9-11-28(29(42-26)30(45)41-22-12-14-43(18-22)32(46)49-33(2,3)4)48-23-16-34(17-23)19-44(20-34)27-10-8-21(36)15-25(27)35(37,38)39/h6-11,13,15,23H,5,12,14,16-20H2,1-4H3. The van der Waals surface area contributed by atoms with E-state index in [1.54, 1.807) is 56.1 Å². The molecular formula is C35H37F4N5O5. The summed E-state index contributed by atoms with van der Waals surface area (Å²) in [5.74, 6) is -1.01. The van der Waals surface area contributed by atoms with Crippen molar-refractivity contribution >= 4 is 23.4 Å². The van der Waals surface area contributed by atoms with Gasteiger partial charge in [-0.3, -0.25) is 4.79 Å². The Morgan fingerprint density at radius 1 is 1.08 bits per heavy atom. The zero-order valence-electron chi connectivity index (χ0n) is 27.6. The summed E-state index contributed by atoms with van der Waals surface area (Å²) in [7, 11) is 0. The highest BCUT2D eigenvalue weighted by Gasteiger charge is 2.54. The number of halogens is 4. The fraction of sp³-hybridized carbons (Fsp3) is 0.457. The topological polar surface area (TPSA) is 106 Å². The molecule has 0 atom stereocenters. The predicted molar refractivity (Wildman–Crippen MR) is 173 cm³/mol. The van der Waals surface area contributed by atoms with E-state index in [0.717, 1.165) is 6.07 Å². The summed E-state index contributed by atoms with van der Waals surface area (Å²) in [4.78, 5) is 42.6. The SMILES string of the molecule is CCOc1ncccc1-c1ccc(OC2CC3(C2)CN(c2ccc(F)cc2C(F)(F)F)C3)c(C(=O)N=C2CCN(C(=O)OC(C)(C)C)C2)n1. The van der Waals surface area contributed by atoms with Crippen LogP contribution in [0.3, 0.4) is 0 Å². The Morgan fingerprint density at radius 3 is 2.53 bits per heavy atom. The molecule has 0 bridgehead atoms. The minimum absolute atomic E-state index is 0.0238. The van der Waals surface area contributed by atoms with E-state index in [2.05, 4.69) is 15.0 Å². The number of amides is 2. The van der Waals surface area contributed by atoms with Crippen LogP contribution in [0.1, 0.15) is 63.0 Å². The fourth-order valence-electron chi connectivity index (χ4n) is 6.47. The summed E-state index contributed by atoms with van der Waals surface area (Å²) >= 11 is 0. The number of anilines is 1. The van der Waals surface area contributed by atoms with Crippen molar-refractivity contribution in [3.63, 3.8) is 0 Å². The Balaban J connectivity index is 1.19. The molecule has 14 heteroatoms. The van der Waals surface area contributed by atoms with Crippen LogP contribution in [0, 0.1) is 11.2 Å². The number of hydrogen-bond acceptors (Lipinski definition) is 8. The molecule has 1 aromatic carbocycles. The minimum atomic E-state index is -4.68. The van der Waals surface area contributed by atoms with Gasteiger partial charge in [0, 0.05) is 49.1 Å². The number of aromatic nitrogens is 2. The molecule has 0 unspecified atom stereocenters. The number of carbonyl (C=O) groups excluding carboxylic acids is 2. The monoisotopic (exact) mass is 683 g/mol. The van der Waals surface area contributed by atoms with Crippen LogP contribution >= 0.6 is 0 Å². The molecule has 2 saturated heterocycles. The van der Waals surface area contributed by atoms with Crippen molar-refractivity contribution in [1.82, 2.24) is 14.9 Å². The number of pyridine rings is 2. The summed E-state index contributed by atoms with van der Waals surface area (Å²) < 4.78 is 71.8. The second kappa shape index (κ2) is 12.9. The van der Waals surface area contributed by atoms with Gasteiger partial charge in [-0.15, -0.1) is 0 Å². The first-order chi connectivity index (χ1) is 23.1. The molecule has 6 rings (SSSR count). The van der Waals surface area contributed by atoms with Crippen LogP contribution in [0.2, 0.25) is 0 Å². The summed E-state index contributed by atoms with van der Waals surface area (Å²) in [5, 5.41) is 0. The van der Waals surface area contributed by atoms with Crippen LogP contribution < -0.4 is 14.4 Å². The third-order valence-corrected chi connectivity index (χ3v) is 8.62. The van der Waals surface area contributed by atoms with Gasteiger partial charge in [0.05, 0.1) is 30.0 Å². The molecule has 0 radical (unpaired) electrons. The first-order valence-electron chi connectivity index (χ1n) is 16.1. The number of likely N-dealkylation sites (tertiary alicyclic amines) is 1. The highest BCUT2D eigenvalue weighted by atomic mass is 19.4. The van der Waals surface area contributed by atoms with Gasteiger partial charge in [-0.05, 0) is 83.0 Å². The van der Waals surface area contributed by atoms with Crippen molar-refractivity contribution < 1.29 is 41.4 Å². The van der Waals surface area contributed by atoms with Crippen molar-refractivity contribution in [3.05, 3.63) is 65.7 Å². The third kappa shape index (κ3) is 7.47. The second-order valence-electron chi connectivity index (χ2n) is 13.6. The molecule has 2 amide bonds. The van der Waals surface area contributed by atoms with E-state index < -0.39 is 35.2 Å². The number of carbonyl (C=O) groups is 2. The number of hydrogen-bond donors (Lipinski definition) is 0. The molecule has 3 aliphatic rings. The zero-order chi connectivity index (χ0) is 35.1. The van der Waals surface area contributed by atoms with E-state index in [1.165, 1.54) is 11.0 Å². The van der Waals surface area contributed by atoms with Crippen LogP contribution in [0.25, 0.3) is 11.3 Å². The molecule has 1 aliphatic carbocycles. The van der Waals surface area contributed by atoms with Crippen molar-refractivity contribution in [3.8, 4) is 22.9 Å². The normalized spacial score (nSPS) is 18.3. The molecule has 3 fully saturated rings. The lowest BCUT2D eigenvalue weighted by atomic mass is 9.61. The van der Waals surface area contributed by atoms with E-state index in [9.17, 15) is 27.2 Å². The lowest BCUT2D eigenvalue weighted by Crippen LogP contribution is -2.65. The first kappa shape index (κ1) is 34.1. The maximum atomic E-state index is 13.7. The molecule has 0 N–H and O–H groups in total. The molecular weight excluding hydrogens is 646 g/mol. The van der Waals surface area contributed by atoms with Gasteiger partial charge in [0.2, 0.25) is 5.88 Å². The van der Waals surface area contributed by atoms with E-state index >= 15 is 0 Å².